The van der Waals surface area contributed by atoms with Gasteiger partial charge in [0.25, 0.3) is 11.8 Å². The van der Waals surface area contributed by atoms with E-state index in [4.69, 9.17) is 0 Å². The number of allylic oxidation sites excluding steroid dienone is 2. The maximum absolute atomic E-state index is 13.7. The van der Waals surface area contributed by atoms with Crippen LogP contribution in [-0.4, -0.2) is 60.2 Å². The number of benzene rings is 1. The van der Waals surface area contributed by atoms with E-state index in [1.165, 1.54) is 24.2 Å². The van der Waals surface area contributed by atoms with Crippen molar-refractivity contribution in [3.63, 3.8) is 0 Å². The molecule has 3 aliphatic carbocycles. The average Bonchev–Trinajstić information content (AvgIpc) is 3.51. The summed E-state index contributed by atoms with van der Waals surface area (Å²) in [6.45, 7) is 3.73. The van der Waals surface area contributed by atoms with Crippen LogP contribution in [0.1, 0.15) is 72.1 Å². The molecule has 2 bridgehead atoms. The van der Waals surface area contributed by atoms with Crippen molar-refractivity contribution in [3.05, 3.63) is 41.5 Å². The first-order valence-electron chi connectivity index (χ1n) is 13.8. The van der Waals surface area contributed by atoms with Gasteiger partial charge in [-0.3, -0.25) is 19.3 Å². The number of amides is 3. The van der Waals surface area contributed by atoms with Gasteiger partial charge in [-0.15, -0.1) is 0 Å². The molecular weight excluding hydrogens is 438 g/mol. The molecule has 7 rings (SSSR count). The predicted octanol–water partition coefficient (Wildman–Crippen LogP) is 4.11. The monoisotopic (exact) mass is 473 g/mol. The molecule has 1 spiro atoms. The Morgan fingerprint density at radius 2 is 1.80 bits per heavy atom. The molecule has 4 fully saturated rings. The highest BCUT2D eigenvalue weighted by atomic mass is 16.2. The Morgan fingerprint density at radius 1 is 0.971 bits per heavy atom. The quantitative estimate of drug-likeness (QED) is 0.488. The molecule has 0 radical (unpaired) electrons. The molecule has 1 aromatic carbocycles. The third-order valence-corrected chi connectivity index (χ3v) is 10.0. The van der Waals surface area contributed by atoms with E-state index in [0.717, 1.165) is 57.4 Å². The van der Waals surface area contributed by atoms with E-state index in [1.807, 2.05) is 23.1 Å². The molecule has 0 aromatic heterocycles. The number of piperidine rings is 2. The number of carbonyl (C=O) groups excluding carboxylic acids is 3. The van der Waals surface area contributed by atoms with Gasteiger partial charge in [-0.25, -0.2) is 0 Å². The molecule has 3 aliphatic heterocycles. The summed E-state index contributed by atoms with van der Waals surface area (Å²) in [5, 5.41) is 0. The molecule has 184 valence electrons. The Morgan fingerprint density at radius 3 is 2.57 bits per heavy atom. The number of carbonyl (C=O) groups is 3. The number of anilines is 1. The van der Waals surface area contributed by atoms with Crippen molar-refractivity contribution in [2.75, 3.05) is 37.6 Å². The van der Waals surface area contributed by atoms with E-state index in [-0.39, 0.29) is 23.6 Å². The fourth-order valence-electron chi connectivity index (χ4n) is 8.08. The first kappa shape index (κ1) is 21.6. The molecular formula is C29H35N3O3. The summed E-state index contributed by atoms with van der Waals surface area (Å²) in [6, 6.07) is 5.68. The van der Waals surface area contributed by atoms with Crippen LogP contribution >= 0.6 is 0 Å². The molecule has 0 unspecified atom stereocenters. The molecule has 2 saturated heterocycles. The molecule has 0 N–H and O–H groups in total. The van der Waals surface area contributed by atoms with Gasteiger partial charge in [-0.05, 0) is 86.7 Å². The van der Waals surface area contributed by atoms with Gasteiger partial charge in [0.2, 0.25) is 5.91 Å². The number of fused-ring (bicyclic) bond motifs is 1. The van der Waals surface area contributed by atoms with Crippen molar-refractivity contribution < 1.29 is 14.4 Å². The number of nitrogens with zero attached hydrogens (tertiary/aromatic N) is 3. The molecule has 6 nitrogen and oxygen atoms in total. The highest BCUT2D eigenvalue weighted by Crippen LogP contribution is 2.70. The largest absolute Gasteiger partial charge is 0.370 e. The van der Waals surface area contributed by atoms with E-state index in [9.17, 15) is 14.4 Å². The van der Waals surface area contributed by atoms with Gasteiger partial charge in [0, 0.05) is 32.7 Å². The van der Waals surface area contributed by atoms with Crippen LogP contribution in [0.2, 0.25) is 0 Å². The minimum Gasteiger partial charge on any atom is -0.370 e. The van der Waals surface area contributed by atoms with Crippen molar-refractivity contribution >= 4 is 23.4 Å². The first-order valence-corrected chi connectivity index (χ1v) is 13.8. The highest BCUT2D eigenvalue weighted by Gasteiger charge is 2.63. The van der Waals surface area contributed by atoms with Crippen LogP contribution in [0.25, 0.3) is 0 Å². The fourth-order valence-corrected chi connectivity index (χ4v) is 8.08. The number of imide groups is 1. The molecule has 3 heterocycles. The zero-order valence-electron chi connectivity index (χ0n) is 20.5. The number of rotatable bonds is 4. The van der Waals surface area contributed by atoms with Gasteiger partial charge in [0.15, 0.2) is 0 Å². The Labute approximate surface area is 207 Å². The van der Waals surface area contributed by atoms with Crippen molar-refractivity contribution in [3.8, 4) is 0 Å². The second kappa shape index (κ2) is 7.94. The summed E-state index contributed by atoms with van der Waals surface area (Å²) in [4.78, 5) is 46.1. The van der Waals surface area contributed by atoms with Crippen LogP contribution in [0.5, 0.6) is 0 Å². The van der Waals surface area contributed by atoms with Gasteiger partial charge in [-0.1, -0.05) is 18.2 Å². The Balaban J connectivity index is 1.11. The van der Waals surface area contributed by atoms with E-state index in [2.05, 4.69) is 17.1 Å². The lowest BCUT2D eigenvalue weighted by atomic mass is 9.88. The van der Waals surface area contributed by atoms with Crippen molar-refractivity contribution in [1.82, 2.24) is 9.80 Å². The second-order valence-electron chi connectivity index (χ2n) is 11.8. The maximum Gasteiger partial charge on any atom is 0.263 e. The normalized spacial score (nSPS) is 32.6. The minimum absolute atomic E-state index is 0.0310. The van der Waals surface area contributed by atoms with Gasteiger partial charge in [0.1, 0.15) is 0 Å². The summed E-state index contributed by atoms with van der Waals surface area (Å²) in [5.41, 5.74) is 2.39. The molecule has 2 saturated carbocycles. The van der Waals surface area contributed by atoms with E-state index in [0.29, 0.717) is 47.4 Å². The smallest absolute Gasteiger partial charge is 0.263 e. The zero-order chi connectivity index (χ0) is 23.7. The summed E-state index contributed by atoms with van der Waals surface area (Å²) in [5.74, 6) is 1.52. The van der Waals surface area contributed by atoms with Crippen molar-refractivity contribution in [2.45, 2.75) is 51.4 Å². The topological polar surface area (TPSA) is 60.9 Å². The van der Waals surface area contributed by atoms with E-state index >= 15 is 0 Å². The van der Waals surface area contributed by atoms with Crippen molar-refractivity contribution in [2.24, 2.45) is 29.1 Å². The molecule has 6 aliphatic rings. The number of hydrogen-bond acceptors (Lipinski definition) is 4. The Bertz CT molecular complexity index is 1120. The molecule has 1 aromatic rings. The van der Waals surface area contributed by atoms with Crippen LogP contribution in [-0.2, 0) is 4.79 Å². The second-order valence-corrected chi connectivity index (χ2v) is 11.8. The Kier molecular flexibility index (Phi) is 4.91. The highest BCUT2D eigenvalue weighted by molar-refractivity contribution is 6.23. The molecule has 3 amide bonds. The SMILES string of the molecule is O=C([C@@H]1CCCN(c2cccc3c2C(=O)N(C[C@H]2C[C@H]4C=C[C@H]2C42CC2)C3=O)C1)N1CCCCC1. The number of likely N-dealkylation sites (tertiary alicyclic amines) is 1. The average molecular weight is 474 g/mol. The van der Waals surface area contributed by atoms with Gasteiger partial charge in [0.05, 0.1) is 22.7 Å². The molecule has 4 atom stereocenters. The third-order valence-electron chi connectivity index (χ3n) is 10.0. The standard InChI is InChI=1S/C29H35N3O3/c33-26(30-13-2-1-3-14-30)19-6-5-15-31(17-19)24-8-4-7-22-25(24)28(35)32(27(22)34)18-20-16-21-9-10-23(20)29(21)11-12-29/h4,7-10,19-21,23H,1-3,5-6,11-18H2/t19-,20-,21-,23-/m1/s1. The zero-order valence-corrected chi connectivity index (χ0v) is 20.5. The van der Waals surface area contributed by atoms with Crippen LogP contribution in [0, 0.1) is 29.1 Å². The minimum atomic E-state index is -0.138. The maximum atomic E-state index is 13.7. The number of hydrogen-bond donors (Lipinski definition) is 0. The van der Waals surface area contributed by atoms with Crippen LogP contribution in [0.4, 0.5) is 5.69 Å². The Hall–Kier alpha value is -2.63. The summed E-state index contributed by atoms with van der Waals surface area (Å²) >= 11 is 0. The van der Waals surface area contributed by atoms with Crippen LogP contribution < -0.4 is 4.90 Å². The first-order chi connectivity index (χ1) is 17.1. The lowest BCUT2D eigenvalue weighted by molar-refractivity contribution is -0.136. The third kappa shape index (κ3) is 3.24. The van der Waals surface area contributed by atoms with Gasteiger partial charge < -0.3 is 9.80 Å². The van der Waals surface area contributed by atoms with Gasteiger partial charge in [-0.2, -0.15) is 0 Å². The van der Waals surface area contributed by atoms with Crippen LogP contribution in [0.3, 0.4) is 0 Å². The van der Waals surface area contributed by atoms with Crippen LogP contribution in [0.15, 0.2) is 30.4 Å². The van der Waals surface area contributed by atoms with Crippen molar-refractivity contribution in [1.29, 1.82) is 0 Å². The van der Waals surface area contributed by atoms with E-state index < -0.39 is 0 Å². The lowest BCUT2D eigenvalue weighted by Crippen LogP contribution is -2.46. The summed E-state index contributed by atoms with van der Waals surface area (Å²) in [7, 11) is 0. The molecule has 6 heteroatoms. The lowest BCUT2D eigenvalue weighted by Gasteiger charge is -2.37. The summed E-state index contributed by atoms with van der Waals surface area (Å²) in [6.07, 6.45) is 13.7. The fraction of sp³-hybridized carbons (Fsp3) is 0.621. The molecule has 35 heavy (non-hydrogen) atoms. The predicted molar refractivity (Wildman–Crippen MR) is 133 cm³/mol. The van der Waals surface area contributed by atoms with Gasteiger partial charge >= 0.3 is 0 Å². The summed E-state index contributed by atoms with van der Waals surface area (Å²) < 4.78 is 0. The van der Waals surface area contributed by atoms with E-state index in [1.54, 1.807) is 0 Å².